The number of carbonyl (C=O) groups is 3. The van der Waals surface area contributed by atoms with Crippen molar-refractivity contribution in [2.75, 3.05) is 25.5 Å². The first-order chi connectivity index (χ1) is 16.7. The van der Waals surface area contributed by atoms with Crippen LogP contribution < -0.4 is 16.1 Å². The van der Waals surface area contributed by atoms with E-state index in [1.165, 1.54) is 24.5 Å². The Morgan fingerprint density at radius 1 is 0.972 bits per heavy atom. The first kappa shape index (κ1) is 29.9. The van der Waals surface area contributed by atoms with Crippen molar-refractivity contribution in [2.24, 2.45) is 0 Å². The van der Waals surface area contributed by atoms with E-state index in [-0.39, 0.29) is 18.9 Å². The third kappa shape index (κ3) is 9.61. The number of aliphatic hydroxyl groups is 1. The molecule has 0 aliphatic carbocycles. The second-order valence-corrected chi connectivity index (χ2v) is 7.70. The van der Waals surface area contributed by atoms with Gasteiger partial charge in [-0.05, 0) is 80.9 Å². The van der Waals surface area contributed by atoms with E-state index in [0.29, 0.717) is 17.8 Å². The second kappa shape index (κ2) is 15.0. The molecule has 0 unspecified atom stereocenters. The molecule has 5 N–H and O–H groups in total. The molecule has 0 saturated carbocycles. The number of amides is 3. The Kier molecular flexibility index (Phi) is 12.4. The molecule has 3 amide bonds. The van der Waals surface area contributed by atoms with E-state index in [9.17, 15) is 19.5 Å². The van der Waals surface area contributed by atoms with Crippen molar-refractivity contribution in [3.05, 3.63) is 65.2 Å². The average molecular weight is 493 g/mol. The smallest absolute Gasteiger partial charge is 0.268 e. The largest absolute Gasteiger partial charge is 0.391 e. The van der Waals surface area contributed by atoms with Crippen LogP contribution in [-0.2, 0) is 9.59 Å². The molecule has 0 aromatic heterocycles. The van der Waals surface area contributed by atoms with Gasteiger partial charge in [-0.1, -0.05) is 26.2 Å². The van der Waals surface area contributed by atoms with Crippen molar-refractivity contribution in [1.29, 1.82) is 0 Å². The number of hydrogen-bond acceptors (Lipinski definition) is 6. The summed E-state index contributed by atoms with van der Waals surface area (Å²) >= 11 is 0. The third-order valence-electron chi connectivity index (χ3n) is 4.91. The van der Waals surface area contributed by atoms with Crippen LogP contribution in [-0.4, -0.2) is 65.2 Å². The zero-order valence-corrected chi connectivity index (χ0v) is 19.8. The Labute approximate surface area is 211 Å². The lowest BCUT2D eigenvalue weighted by molar-refractivity contribution is -0.133. The van der Waals surface area contributed by atoms with E-state index in [4.69, 9.17) is 5.21 Å². The summed E-state index contributed by atoms with van der Waals surface area (Å²) in [6.07, 6.45) is -1.20. The minimum atomic E-state index is -1.30. The maximum atomic E-state index is 12.3. The zero-order chi connectivity index (χ0) is 25.8. The first-order valence-corrected chi connectivity index (χ1v) is 10.9. The Morgan fingerprint density at radius 3 is 1.97 bits per heavy atom. The minimum absolute atomic E-state index is 0. The highest BCUT2D eigenvalue weighted by Gasteiger charge is 2.25. The fourth-order valence-corrected chi connectivity index (χ4v) is 2.81. The van der Waals surface area contributed by atoms with Crippen LogP contribution in [0.25, 0.3) is 0 Å². The van der Waals surface area contributed by atoms with E-state index in [0.717, 1.165) is 12.1 Å². The first-order valence-electron chi connectivity index (χ1n) is 10.9. The van der Waals surface area contributed by atoms with Crippen molar-refractivity contribution < 1.29 is 24.7 Å². The van der Waals surface area contributed by atoms with Gasteiger partial charge in [0.1, 0.15) is 6.04 Å². The van der Waals surface area contributed by atoms with Gasteiger partial charge in [-0.3, -0.25) is 24.5 Å². The molecule has 0 saturated heterocycles. The van der Waals surface area contributed by atoms with Gasteiger partial charge < -0.3 is 15.7 Å². The maximum absolute atomic E-state index is 12.3. The van der Waals surface area contributed by atoms with E-state index in [1.807, 2.05) is 18.9 Å². The molecule has 2 aromatic rings. The molecule has 2 aromatic carbocycles. The number of likely N-dealkylation sites (N-methyl/N-ethyl adjacent to an activating group) is 1. The Hall–Kier alpha value is -4.15. The molecule has 0 aliphatic heterocycles. The number of hydroxylamine groups is 1. The molecule has 0 radical (unpaired) electrons. The molecule has 36 heavy (non-hydrogen) atoms. The van der Waals surface area contributed by atoms with E-state index in [1.54, 1.807) is 36.4 Å². The van der Waals surface area contributed by atoms with Crippen molar-refractivity contribution in [3.63, 3.8) is 0 Å². The summed E-state index contributed by atoms with van der Waals surface area (Å²) in [4.78, 5) is 37.7. The fraction of sp³-hybridized carbons (Fsp3) is 0.296. The third-order valence-corrected chi connectivity index (χ3v) is 4.91. The molecule has 0 aliphatic rings. The van der Waals surface area contributed by atoms with Gasteiger partial charge in [0.25, 0.3) is 11.8 Å². The quantitative estimate of drug-likeness (QED) is 0.216. The van der Waals surface area contributed by atoms with Crippen LogP contribution in [0.2, 0.25) is 0 Å². The lowest BCUT2D eigenvalue weighted by atomic mass is 10.1. The molecule has 2 rings (SSSR count). The van der Waals surface area contributed by atoms with Gasteiger partial charge in [-0.15, -0.1) is 0 Å². The molecule has 0 fully saturated rings. The van der Waals surface area contributed by atoms with E-state index >= 15 is 0 Å². The number of rotatable bonds is 8. The number of nitrogens with zero attached hydrogens (tertiary/aromatic N) is 1. The van der Waals surface area contributed by atoms with Crippen LogP contribution in [0.15, 0.2) is 48.5 Å². The van der Waals surface area contributed by atoms with Gasteiger partial charge in [0.05, 0.1) is 12.6 Å². The highest BCUT2D eigenvalue weighted by Crippen LogP contribution is 2.09. The zero-order valence-electron chi connectivity index (χ0n) is 19.8. The summed E-state index contributed by atoms with van der Waals surface area (Å²) in [6, 6.07) is 12.1. The molecule has 190 valence electrons. The van der Waals surface area contributed by atoms with Gasteiger partial charge in [0.2, 0.25) is 5.91 Å². The predicted molar refractivity (Wildman–Crippen MR) is 138 cm³/mol. The molecule has 0 heterocycles. The van der Waals surface area contributed by atoms with Crippen LogP contribution in [0, 0.1) is 23.7 Å². The van der Waals surface area contributed by atoms with Crippen molar-refractivity contribution in [2.45, 2.75) is 33.4 Å². The number of aliphatic hydroxyl groups excluding tert-OH is 1. The Morgan fingerprint density at radius 2 is 1.50 bits per heavy atom. The molecule has 9 heteroatoms. The minimum Gasteiger partial charge on any atom is -0.391 e. The Balaban J connectivity index is 0.00000648. The lowest BCUT2D eigenvalue weighted by Gasteiger charge is -2.19. The van der Waals surface area contributed by atoms with Crippen LogP contribution in [0.1, 0.15) is 42.8 Å². The summed E-state index contributed by atoms with van der Waals surface area (Å²) in [7, 11) is 1.88. The van der Waals surface area contributed by atoms with Gasteiger partial charge >= 0.3 is 0 Å². The monoisotopic (exact) mass is 492 g/mol. The SMILES string of the molecule is C.CCN(C)CC(=O)Nc1ccc(C#CC#Cc2ccc(C(=O)N[C@H](C(=O)NO)[C@@H](C)O)cc2)cc1. The summed E-state index contributed by atoms with van der Waals surface area (Å²) in [6.45, 7) is 4.41. The normalized spacial score (nSPS) is 11.4. The molecule has 2 atom stereocenters. The summed E-state index contributed by atoms with van der Waals surface area (Å²) < 4.78 is 0. The number of benzene rings is 2. The lowest BCUT2D eigenvalue weighted by Crippen LogP contribution is -2.51. The number of nitrogens with one attached hydrogen (secondary N) is 3. The van der Waals surface area contributed by atoms with E-state index in [2.05, 4.69) is 34.3 Å². The average Bonchev–Trinajstić information content (AvgIpc) is 2.85. The van der Waals surface area contributed by atoms with Gasteiger partial charge in [0.15, 0.2) is 0 Å². The number of anilines is 1. The van der Waals surface area contributed by atoms with Crippen molar-refractivity contribution in [3.8, 4) is 23.7 Å². The molecule has 9 nitrogen and oxygen atoms in total. The van der Waals surface area contributed by atoms with E-state index < -0.39 is 24.0 Å². The predicted octanol–water partition coefficient (Wildman–Crippen LogP) is 1.60. The fourth-order valence-electron chi connectivity index (χ4n) is 2.81. The van der Waals surface area contributed by atoms with Gasteiger partial charge in [-0.25, -0.2) is 5.48 Å². The molecule has 0 bridgehead atoms. The molecular formula is C27H32N4O5. The summed E-state index contributed by atoms with van der Waals surface area (Å²) in [5.41, 5.74) is 3.73. The van der Waals surface area contributed by atoms with Crippen LogP contribution in [0.3, 0.4) is 0 Å². The second-order valence-electron chi connectivity index (χ2n) is 7.70. The number of hydrogen-bond donors (Lipinski definition) is 5. The Bertz CT molecular complexity index is 1150. The maximum Gasteiger partial charge on any atom is 0.268 e. The molecular weight excluding hydrogens is 460 g/mol. The summed E-state index contributed by atoms with van der Waals surface area (Å²) in [5, 5.41) is 23.5. The topological polar surface area (TPSA) is 131 Å². The van der Waals surface area contributed by atoms with Crippen LogP contribution >= 0.6 is 0 Å². The van der Waals surface area contributed by atoms with Crippen LogP contribution in [0.4, 0.5) is 5.69 Å². The highest BCUT2D eigenvalue weighted by atomic mass is 16.5. The van der Waals surface area contributed by atoms with Crippen molar-refractivity contribution >= 4 is 23.4 Å². The van der Waals surface area contributed by atoms with Crippen LogP contribution in [0.5, 0.6) is 0 Å². The summed E-state index contributed by atoms with van der Waals surface area (Å²) in [5.74, 6) is 9.71. The highest BCUT2D eigenvalue weighted by molar-refractivity contribution is 5.97. The van der Waals surface area contributed by atoms with Crippen molar-refractivity contribution in [1.82, 2.24) is 15.7 Å². The number of carbonyl (C=O) groups excluding carboxylic acids is 3. The molecule has 0 spiro atoms. The van der Waals surface area contributed by atoms with Gasteiger partial charge in [0, 0.05) is 22.4 Å². The standard InChI is InChI=1S/C26H28N4O5.CH4/c1-4-30(3)17-23(32)27-22-15-11-20(12-16-22)8-6-5-7-19-9-13-21(14-10-19)25(33)28-24(18(2)31)26(34)29-35;/h9-16,18,24,31,35H,4,17H2,1-3H3,(H,27,32)(H,28,33)(H,29,34);1H4/t18-,24+;/m1./s1. The van der Waals surface area contributed by atoms with Gasteiger partial charge in [-0.2, -0.15) is 0 Å².